The summed E-state index contributed by atoms with van der Waals surface area (Å²) in [6.07, 6.45) is -3.21. The lowest BCUT2D eigenvalue weighted by Gasteiger charge is -2.16. The van der Waals surface area contributed by atoms with Gasteiger partial charge in [-0.05, 0) is 5.92 Å². The Hall–Kier alpha value is -0.640. The Labute approximate surface area is 65.2 Å². The highest BCUT2D eigenvalue weighted by Crippen LogP contribution is 2.10. The average Bonchev–Trinajstić information content (AvgIpc) is 2.00. The molecule has 11 heavy (non-hydrogen) atoms. The van der Waals surface area contributed by atoms with Gasteiger partial charge in [-0.25, -0.2) is 9.18 Å². The molecule has 0 aromatic carbocycles. The van der Waals surface area contributed by atoms with Gasteiger partial charge in [-0.3, -0.25) is 0 Å². The molecule has 0 aromatic rings. The molecule has 0 heterocycles. The van der Waals surface area contributed by atoms with Gasteiger partial charge in [0, 0.05) is 0 Å². The largest absolute Gasteiger partial charge is 0.467 e. The average molecular weight is 164 g/mol. The molecule has 0 amide bonds. The third kappa shape index (κ3) is 2.84. The molecule has 0 spiro atoms. The van der Waals surface area contributed by atoms with Crippen LogP contribution in [0.3, 0.4) is 0 Å². The number of carbonyl (C=O) groups is 1. The highest BCUT2D eigenvalue weighted by Gasteiger charge is 2.29. The van der Waals surface area contributed by atoms with E-state index in [4.69, 9.17) is 5.11 Å². The minimum Gasteiger partial charge on any atom is -0.467 e. The number of esters is 1. The molecule has 0 aliphatic carbocycles. The zero-order chi connectivity index (χ0) is 9.02. The second-order valence-corrected chi connectivity index (χ2v) is 2.66. The van der Waals surface area contributed by atoms with E-state index in [-0.39, 0.29) is 5.92 Å². The van der Waals surface area contributed by atoms with Gasteiger partial charge in [0.05, 0.1) is 13.2 Å². The van der Waals surface area contributed by atoms with Crippen LogP contribution in [0.1, 0.15) is 13.8 Å². The van der Waals surface area contributed by atoms with Gasteiger partial charge in [-0.15, -0.1) is 0 Å². The van der Waals surface area contributed by atoms with Crippen LogP contribution in [-0.2, 0) is 9.53 Å². The van der Waals surface area contributed by atoms with E-state index >= 15 is 0 Å². The van der Waals surface area contributed by atoms with E-state index in [1.807, 2.05) is 0 Å². The molecule has 4 heteroatoms. The summed E-state index contributed by atoms with van der Waals surface area (Å²) >= 11 is 0. The van der Waals surface area contributed by atoms with Crippen molar-refractivity contribution in [3.05, 3.63) is 0 Å². The Morgan fingerprint density at radius 1 is 1.55 bits per heavy atom. The summed E-state index contributed by atoms with van der Waals surface area (Å²) in [6, 6.07) is 0. The molecular weight excluding hydrogens is 151 g/mol. The Kier molecular flexibility index (Phi) is 4.03. The van der Waals surface area contributed by atoms with E-state index in [2.05, 4.69) is 4.74 Å². The van der Waals surface area contributed by atoms with Crippen LogP contribution in [0.4, 0.5) is 4.39 Å². The lowest BCUT2D eigenvalue weighted by molar-refractivity contribution is -0.152. The first-order chi connectivity index (χ1) is 5.00. The molecule has 2 unspecified atom stereocenters. The number of halogens is 1. The zero-order valence-corrected chi connectivity index (χ0v) is 6.87. The molecule has 0 aliphatic heterocycles. The molecule has 0 radical (unpaired) electrons. The first kappa shape index (κ1) is 10.4. The minimum atomic E-state index is -1.93. The van der Waals surface area contributed by atoms with Crippen LogP contribution in [-0.4, -0.2) is 30.5 Å². The molecule has 2 atom stereocenters. The number of methoxy groups -OCH3 is 1. The standard InChI is InChI=1S/C7H13FO3/c1-4(2)6(9)5(8)7(10)11-3/h4-6,9H,1-3H3. The van der Waals surface area contributed by atoms with Crippen molar-refractivity contribution >= 4 is 5.97 Å². The first-order valence-corrected chi connectivity index (χ1v) is 3.40. The SMILES string of the molecule is COC(=O)C(F)C(O)C(C)C. The number of alkyl halides is 1. The molecule has 0 rings (SSSR count). The van der Waals surface area contributed by atoms with E-state index in [1.165, 1.54) is 0 Å². The zero-order valence-electron chi connectivity index (χ0n) is 6.87. The Bertz CT molecular complexity index is 136. The summed E-state index contributed by atoms with van der Waals surface area (Å²) < 4.78 is 16.8. The fraction of sp³-hybridized carbons (Fsp3) is 0.857. The quantitative estimate of drug-likeness (QED) is 0.618. The van der Waals surface area contributed by atoms with Gasteiger partial charge < -0.3 is 9.84 Å². The first-order valence-electron chi connectivity index (χ1n) is 3.40. The van der Waals surface area contributed by atoms with Crippen LogP contribution in [0, 0.1) is 5.92 Å². The maximum absolute atomic E-state index is 12.7. The molecule has 66 valence electrons. The lowest BCUT2D eigenvalue weighted by atomic mass is 10.0. The minimum absolute atomic E-state index is 0.288. The Morgan fingerprint density at radius 2 is 2.00 bits per heavy atom. The number of rotatable bonds is 3. The van der Waals surface area contributed by atoms with Crippen molar-refractivity contribution < 1.29 is 19.0 Å². The number of carbonyl (C=O) groups excluding carboxylic acids is 1. The maximum atomic E-state index is 12.7. The summed E-state index contributed by atoms with van der Waals surface area (Å²) in [4.78, 5) is 10.5. The Morgan fingerprint density at radius 3 is 2.27 bits per heavy atom. The fourth-order valence-electron chi connectivity index (χ4n) is 0.590. The number of ether oxygens (including phenoxy) is 1. The number of aliphatic hydroxyl groups is 1. The van der Waals surface area contributed by atoms with E-state index in [9.17, 15) is 9.18 Å². The van der Waals surface area contributed by atoms with Crippen molar-refractivity contribution in [3.8, 4) is 0 Å². The number of aliphatic hydroxyl groups excluding tert-OH is 1. The van der Waals surface area contributed by atoms with Crippen LogP contribution in [0.5, 0.6) is 0 Å². The van der Waals surface area contributed by atoms with Gasteiger partial charge in [-0.2, -0.15) is 0 Å². The highest BCUT2D eigenvalue weighted by molar-refractivity contribution is 5.75. The molecule has 0 aliphatic rings. The highest BCUT2D eigenvalue weighted by atomic mass is 19.1. The van der Waals surface area contributed by atoms with Crippen LogP contribution in [0.15, 0.2) is 0 Å². The summed E-state index contributed by atoms with van der Waals surface area (Å²) in [6.45, 7) is 3.25. The summed E-state index contributed by atoms with van der Waals surface area (Å²) in [7, 11) is 1.09. The van der Waals surface area contributed by atoms with Gasteiger partial charge in [0.25, 0.3) is 0 Å². The van der Waals surface area contributed by atoms with Crippen LogP contribution in [0.2, 0.25) is 0 Å². The van der Waals surface area contributed by atoms with Crippen molar-refractivity contribution in [2.45, 2.75) is 26.1 Å². The normalized spacial score (nSPS) is 16.2. The molecule has 0 saturated carbocycles. The third-order valence-corrected chi connectivity index (χ3v) is 1.41. The van der Waals surface area contributed by atoms with Crippen LogP contribution in [0.25, 0.3) is 0 Å². The molecular formula is C7H13FO3. The van der Waals surface area contributed by atoms with Crippen LogP contribution >= 0.6 is 0 Å². The second-order valence-electron chi connectivity index (χ2n) is 2.66. The smallest absolute Gasteiger partial charge is 0.343 e. The van der Waals surface area contributed by atoms with E-state index in [0.29, 0.717) is 0 Å². The maximum Gasteiger partial charge on any atom is 0.343 e. The molecule has 1 N–H and O–H groups in total. The van der Waals surface area contributed by atoms with Crippen molar-refractivity contribution in [1.29, 1.82) is 0 Å². The second kappa shape index (κ2) is 4.28. The number of hydrogen-bond donors (Lipinski definition) is 1. The molecule has 0 bridgehead atoms. The predicted molar refractivity (Wildman–Crippen MR) is 37.8 cm³/mol. The van der Waals surface area contributed by atoms with Gasteiger partial charge >= 0.3 is 5.97 Å². The monoisotopic (exact) mass is 164 g/mol. The van der Waals surface area contributed by atoms with Crippen molar-refractivity contribution in [3.63, 3.8) is 0 Å². The number of hydrogen-bond acceptors (Lipinski definition) is 3. The van der Waals surface area contributed by atoms with Gasteiger partial charge in [0.1, 0.15) is 0 Å². The molecule has 3 nitrogen and oxygen atoms in total. The van der Waals surface area contributed by atoms with Crippen molar-refractivity contribution in [1.82, 2.24) is 0 Å². The summed E-state index contributed by atoms with van der Waals surface area (Å²) in [5, 5.41) is 9.02. The van der Waals surface area contributed by atoms with Crippen molar-refractivity contribution in [2.24, 2.45) is 5.92 Å². The van der Waals surface area contributed by atoms with E-state index in [1.54, 1.807) is 13.8 Å². The molecule has 0 saturated heterocycles. The molecule has 0 aromatic heterocycles. The summed E-state index contributed by atoms with van der Waals surface area (Å²) in [5.41, 5.74) is 0. The van der Waals surface area contributed by atoms with E-state index < -0.39 is 18.2 Å². The molecule has 0 fully saturated rings. The fourth-order valence-corrected chi connectivity index (χ4v) is 0.590. The topological polar surface area (TPSA) is 46.5 Å². The van der Waals surface area contributed by atoms with Gasteiger partial charge in [0.2, 0.25) is 6.17 Å². The van der Waals surface area contributed by atoms with Crippen molar-refractivity contribution in [2.75, 3.05) is 7.11 Å². The Balaban J connectivity index is 4.01. The van der Waals surface area contributed by atoms with E-state index in [0.717, 1.165) is 7.11 Å². The van der Waals surface area contributed by atoms with Gasteiger partial charge in [-0.1, -0.05) is 13.8 Å². The lowest BCUT2D eigenvalue weighted by Crippen LogP contribution is -2.34. The third-order valence-electron chi connectivity index (χ3n) is 1.41. The van der Waals surface area contributed by atoms with Crippen LogP contribution < -0.4 is 0 Å². The summed E-state index contributed by atoms with van der Waals surface area (Å²) in [5.74, 6) is -1.31. The van der Waals surface area contributed by atoms with Gasteiger partial charge in [0.15, 0.2) is 0 Å². The predicted octanol–water partition coefficient (Wildman–Crippen LogP) is 0.514.